The van der Waals surface area contributed by atoms with Gasteiger partial charge in [-0.1, -0.05) is 26.0 Å². The summed E-state index contributed by atoms with van der Waals surface area (Å²) < 4.78 is 38.4. The van der Waals surface area contributed by atoms with Gasteiger partial charge in [-0.3, -0.25) is 4.79 Å². The van der Waals surface area contributed by atoms with Crippen LogP contribution in [0.2, 0.25) is 0 Å². The van der Waals surface area contributed by atoms with Crippen molar-refractivity contribution in [2.45, 2.75) is 19.6 Å². The number of hydrogen-bond donors (Lipinski definition) is 1. The fraction of sp³-hybridized carbons (Fsp3) is 0.462. The fourth-order valence-electron chi connectivity index (χ4n) is 1.74. The summed E-state index contributed by atoms with van der Waals surface area (Å²) in [5.74, 6) is -1.35. The number of rotatable bonds is 7. The normalized spacial score (nSPS) is 12.1. The smallest absolute Gasteiger partial charge is 0.232 e. The van der Waals surface area contributed by atoms with Gasteiger partial charge in [0.15, 0.2) is 0 Å². The molecule has 0 fully saturated rings. The Morgan fingerprint density at radius 1 is 1.30 bits per heavy atom. The summed E-state index contributed by atoms with van der Waals surface area (Å²) in [7, 11) is -3.67. The van der Waals surface area contributed by atoms with E-state index in [1.807, 2.05) is 13.8 Å². The van der Waals surface area contributed by atoms with Gasteiger partial charge in [0.2, 0.25) is 15.9 Å². The molecule has 7 heteroatoms. The second kappa shape index (κ2) is 6.81. The molecule has 5 nitrogen and oxygen atoms in total. The van der Waals surface area contributed by atoms with Crippen LogP contribution < -0.4 is 5.73 Å². The van der Waals surface area contributed by atoms with Crippen molar-refractivity contribution in [2.24, 2.45) is 11.7 Å². The largest absolute Gasteiger partial charge is 0.369 e. The Hall–Kier alpha value is -1.47. The van der Waals surface area contributed by atoms with Gasteiger partial charge in [0, 0.05) is 6.54 Å². The standard InChI is InChI=1S/C13H19FN2O3S/c1-10(2)7-16(8-13(15)17)20(18,19)9-11-3-5-12(14)6-4-11/h3-6,10H,7-9H2,1-2H3,(H2,15,17). The number of carbonyl (C=O) groups is 1. The number of amides is 1. The highest BCUT2D eigenvalue weighted by Crippen LogP contribution is 2.13. The Morgan fingerprint density at radius 3 is 2.30 bits per heavy atom. The third-order valence-corrected chi connectivity index (χ3v) is 4.32. The van der Waals surface area contributed by atoms with Crippen LogP contribution in [0.3, 0.4) is 0 Å². The number of carbonyl (C=O) groups excluding carboxylic acids is 1. The molecule has 2 N–H and O–H groups in total. The van der Waals surface area contributed by atoms with Crippen molar-refractivity contribution in [1.29, 1.82) is 0 Å². The Balaban J connectivity index is 2.91. The van der Waals surface area contributed by atoms with Gasteiger partial charge >= 0.3 is 0 Å². The highest BCUT2D eigenvalue weighted by molar-refractivity contribution is 7.88. The molecule has 0 atom stereocenters. The summed E-state index contributed by atoms with van der Waals surface area (Å²) in [6.45, 7) is 3.57. The quantitative estimate of drug-likeness (QED) is 0.819. The van der Waals surface area contributed by atoms with Gasteiger partial charge in [-0.25, -0.2) is 12.8 Å². The highest BCUT2D eigenvalue weighted by atomic mass is 32.2. The molecule has 1 amide bonds. The molecule has 0 saturated carbocycles. The van der Waals surface area contributed by atoms with Crippen LogP contribution in [-0.4, -0.2) is 31.7 Å². The van der Waals surface area contributed by atoms with Crippen LogP contribution in [0.5, 0.6) is 0 Å². The Morgan fingerprint density at radius 2 is 1.85 bits per heavy atom. The van der Waals surface area contributed by atoms with E-state index in [1.165, 1.54) is 24.3 Å². The summed E-state index contributed by atoms with van der Waals surface area (Å²) >= 11 is 0. The molecule has 0 bridgehead atoms. The van der Waals surface area contributed by atoms with Gasteiger partial charge in [-0.05, 0) is 23.6 Å². The zero-order chi connectivity index (χ0) is 15.3. The second-order valence-corrected chi connectivity index (χ2v) is 7.00. The zero-order valence-electron chi connectivity index (χ0n) is 11.5. The van der Waals surface area contributed by atoms with Crippen LogP contribution in [0.15, 0.2) is 24.3 Å². The molecule has 0 radical (unpaired) electrons. The van der Waals surface area contributed by atoms with E-state index in [-0.39, 0.29) is 24.8 Å². The third kappa shape index (κ3) is 5.26. The van der Waals surface area contributed by atoms with Gasteiger partial charge in [0.05, 0.1) is 12.3 Å². The lowest BCUT2D eigenvalue weighted by Crippen LogP contribution is -2.41. The molecule has 0 aliphatic heterocycles. The zero-order valence-corrected chi connectivity index (χ0v) is 12.4. The van der Waals surface area contributed by atoms with E-state index in [9.17, 15) is 17.6 Å². The molecule has 112 valence electrons. The molecule has 0 aromatic heterocycles. The Kier molecular flexibility index (Phi) is 5.64. The van der Waals surface area contributed by atoms with Crippen molar-refractivity contribution >= 4 is 15.9 Å². The summed E-state index contributed by atoms with van der Waals surface area (Å²) in [6, 6.07) is 5.22. The maximum atomic E-state index is 12.8. The number of primary amides is 1. The van der Waals surface area contributed by atoms with Crippen molar-refractivity contribution in [1.82, 2.24) is 4.31 Å². The third-order valence-electron chi connectivity index (χ3n) is 2.56. The number of benzene rings is 1. The molecule has 20 heavy (non-hydrogen) atoms. The number of sulfonamides is 1. The average Bonchev–Trinajstić information content (AvgIpc) is 2.30. The first-order valence-corrected chi connectivity index (χ1v) is 7.82. The van der Waals surface area contributed by atoms with Gasteiger partial charge < -0.3 is 5.73 Å². The minimum atomic E-state index is -3.67. The van der Waals surface area contributed by atoms with E-state index in [0.29, 0.717) is 5.56 Å². The number of nitrogens with two attached hydrogens (primary N) is 1. The minimum Gasteiger partial charge on any atom is -0.369 e. The van der Waals surface area contributed by atoms with Crippen molar-refractivity contribution in [3.8, 4) is 0 Å². The summed E-state index contributed by atoms with van der Waals surface area (Å²) in [5.41, 5.74) is 5.55. The van der Waals surface area contributed by atoms with E-state index in [2.05, 4.69) is 0 Å². The van der Waals surface area contributed by atoms with Gasteiger partial charge in [0.1, 0.15) is 5.82 Å². The van der Waals surface area contributed by atoms with Crippen LogP contribution >= 0.6 is 0 Å². The van der Waals surface area contributed by atoms with E-state index in [4.69, 9.17) is 5.73 Å². The molecule has 0 spiro atoms. The van der Waals surface area contributed by atoms with E-state index >= 15 is 0 Å². The molecular formula is C13H19FN2O3S. The van der Waals surface area contributed by atoms with Gasteiger partial charge in [0.25, 0.3) is 0 Å². The van der Waals surface area contributed by atoms with Crippen LogP contribution in [0, 0.1) is 11.7 Å². The number of hydrogen-bond acceptors (Lipinski definition) is 3. The van der Waals surface area contributed by atoms with Crippen LogP contribution in [-0.2, 0) is 20.6 Å². The highest BCUT2D eigenvalue weighted by Gasteiger charge is 2.24. The monoisotopic (exact) mass is 302 g/mol. The molecule has 0 aliphatic rings. The summed E-state index contributed by atoms with van der Waals surface area (Å²) in [6.07, 6.45) is 0. The summed E-state index contributed by atoms with van der Waals surface area (Å²) in [4.78, 5) is 11.0. The lowest BCUT2D eigenvalue weighted by molar-refractivity contribution is -0.118. The maximum absolute atomic E-state index is 12.8. The van der Waals surface area contributed by atoms with Crippen LogP contribution in [0.1, 0.15) is 19.4 Å². The SMILES string of the molecule is CC(C)CN(CC(N)=O)S(=O)(=O)Cc1ccc(F)cc1. The molecule has 0 aliphatic carbocycles. The van der Waals surface area contributed by atoms with Gasteiger partial charge in [-0.2, -0.15) is 4.31 Å². The van der Waals surface area contributed by atoms with E-state index < -0.39 is 21.7 Å². The molecule has 0 heterocycles. The molecule has 1 rings (SSSR count). The summed E-state index contributed by atoms with van der Waals surface area (Å²) in [5, 5.41) is 0. The van der Waals surface area contributed by atoms with E-state index in [1.54, 1.807) is 0 Å². The number of nitrogens with zero attached hydrogens (tertiary/aromatic N) is 1. The fourth-order valence-corrected chi connectivity index (χ4v) is 3.39. The van der Waals surface area contributed by atoms with Crippen LogP contribution in [0.25, 0.3) is 0 Å². The minimum absolute atomic E-state index is 0.0670. The first-order valence-electron chi connectivity index (χ1n) is 6.21. The lowest BCUT2D eigenvalue weighted by Gasteiger charge is -2.22. The van der Waals surface area contributed by atoms with Crippen molar-refractivity contribution in [3.63, 3.8) is 0 Å². The Bertz CT molecular complexity index is 555. The Labute approximate surface area is 118 Å². The maximum Gasteiger partial charge on any atom is 0.232 e. The molecule has 0 unspecified atom stereocenters. The second-order valence-electron chi connectivity index (χ2n) is 5.04. The van der Waals surface area contributed by atoms with Gasteiger partial charge in [-0.15, -0.1) is 0 Å². The molecule has 0 saturated heterocycles. The number of halogens is 1. The average molecular weight is 302 g/mol. The first-order chi connectivity index (χ1) is 9.20. The lowest BCUT2D eigenvalue weighted by atomic mass is 10.2. The van der Waals surface area contributed by atoms with Crippen LogP contribution in [0.4, 0.5) is 4.39 Å². The predicted octanol–water partition coefficient (Wildman–Crippen LogP) is 1.10. The van der Waals surface area contributed by atoms with E-state index in [0.717, 1.165) is 4.31 Å². The predicted molar refractivity (Wildman–Crippen MR) is 74.6 cm³/mol. The molecular weight excluding hydrogens is 283 g/mol. The van der Waals surface area contributed by atoms with Crippen molar-refractivity contribution in [3.05, 3.63) is 35.6 Å². The first kappa shape index (κ1) is 16.6. The van der Waals surface area contributed by atoms with Crippen molar-refractivity contribution < 1.29 is 17.6 Å². The topological polar surface area (TPSA) is 80.5 Å². The molecule has 1 aromatic carbocycles. The van der Waals surface area contributed by atoms with Crippen molar-refractivity contribution in [2.75, 3.05) is 13.1 Å². The molecule has 1 aromatic rings.